The summed E-state index contributed by atoms with van der Waals surface area (Å²) < 4.78 is 5.48. The van der Waals surface area contributed by atoms with E-state index in [1.54, 1.807) is 30.1 Å². The third-order valence-electron chi connectivity index (χ3n) is 6.52. The standard InChI is InChI=1S/C22H24N4O3/c1-14-23-11-16-6-8-22(20(16)24-14)7-3-9-26(13-22)21(28)15-4-5-18-17(10-15)25(2)19(27)12-29-18/h4-5,10-11H,3,6-9,12-13H2,1-2H3. The van der Waals surface area contributed by atoms with Crippen LogP contribution >= 0.6 is 0 Å². The van der Waals surface area contributed by atoms with E-state index in [0.717, 1.165) is 43.7 Å². The number of ether oxygens (including phenoxy) is 1. The second kappa shape index (κ2) is 6.54. The van der Waals surface area contributed by atoms with E-state index in [4.69, 9.17) is 9.72 Å². The Morgan fingerprint density at radius 2 is 2.14 bits per heavy atom. The van der Waals surface area contributed by atoms with Gasteiger partial charge in [-0.2, -0.15) is 0 Å². The molecule has 1 aromatic heterocycles. The Balaban J connectivity index is 1.43. The molecule has 0 bridgehead atoms. The monoisotopic (exact) mass is 392 g/mol. The van der Waals surface area contributed by atoms with Gasteiger partial charge in [0.05, 0.1) is 11.4 Å². The number of piperidine rings is 1. The lowest BCUT2D eigenvalue weighted by Gasteiger charge is -2.40. The van der Waals surface area contributed by atoms with Crippen molar-refractivity contribution < 1.29 is 14.3 Å². The number of likely N-dealkylation sites (N-methyl/N-ethyl adjacent to an activating group) is 1. The third-order valence-corrected chi connectivity index (χ3v) is 6.52. The number of aromatic nitrogens is 2. The number of hydrogen-bond acceptors (Lipinski definition) is 5. The first-order chi connectivity index (χ1) is 14.0. The number of likely N-dealkylation sites (tertiary alicyclic amines) is 1. The van der Waals surface area contributed by atoms with Crippen molar-refractivity contribution in [3.8, 4) is 5.75 Å². The average Bonchev–Trinajstić information content (AvgIpc) is 3.07. The van der Waals surface area contributed by atoms with Gasteiger partial charge in [0.2, 0.25) is 0 Å². The molecule has 1 aliphatic carbocycles. The molecule has 1 unspecified atom stereocenters. The molecule has 0 saturated carbocycles. The van der Waals surface area contributed by atoms with Gasteiger partial charge < -0.3 is 14.5 Å². The maximum absolute atomic E-state index is 13.3. The van der Waals surface area contributed by atoms with Crippen LogP contribution in [0.5, 0.6) is 5.75 Å². The lowest BCUT2D eigenvalue weighted by Crippen LogP contribution is -2.48. The van der Waals surface area contributed by atoms with Gasteiger partial charge in [-0.3, -0.25) is 9.59 Å². The summed E-state index contributed by atoms with van der Waals surface area (Å²) in [6.45, 7) is 3.37. The van der Waals surface area contributed by atoms with Crippen molar-refractivity contribution in [1.82, 2.24) is 14.9 Å². The summed E-state index contributed by atoms with van der Waals surface area (Å²) in [5.74, 6) is 1.31. The van der Waals surface area contributed by atoms with E-state index < -0.39 is 0 Å². The van der Waals surface area contributed by atoms with Crippen molar-refractivity contribution in [2.75, 3.05) is 31.6 Å². The van der Waals surface area contributed by atoms with Crippen LogP contribution in [0.3, 0.4) is 0 Å². The average molecular weight is 392 g/mol. The molecule has 1 spiro atoms. The second-order valence-electron chi connectivity index (χ2n) is 8.33. The Hall–Kier alpha value is -2.96. The summed E-state index contributed by atoms with van der Waals surface area (Å²) in [6, 6.07) is 5.35. The van der Waals surface area contributed by atoms with Crippen molar-refractivity contribution in [1.29, 1.82) is 0 Å². The van der Waals surface area contributed by atoms with Gasteiger partial charge in [-0.1, -0.05) is 0 Å². The predicted molar refractivity (Wildman–Crippen MR) is 107 cm³/mol. The second-order valence-corrected chi connectivity index (χ2v) is 8.33. The first-order valence-corrected chi connectivity index (χ1v) is 10.1. The van der Waals surface area contributed by atoms with Crippen molar-refractivity contribution in [3.63, 3.8) is 0 Å². The molecule has 7 nitrogen and oxygen atoms in total. The van der Waals surface area contributed by atoms with Crippen LogP contribution < -0.4 is 9.64 Å². The minimum absolute atomic E-state index is 0.00229. The van der Waals surface area contributed by atoms with Gasteiger partial charge in [0, 0.05) is 37.3 Å². The fourth-order valence-corrected chi connectivity index (χ4v) is 4.92. The molecule has 2 amide bonds. The van der Waals surface area contributed by atoms with Gasteiger partial charge >= 0.3 is 0 Å². The first kappa shape index (κ1) is 18.1. The Morgan fingerprint density at radius 1 is 1.28 bits per heavy atom. The maximum atomic E-state index is 13.3. The highest BCUT2D eigenvalue weighted by molar-refractivity contribution is 6.01. The van der Waals surface area contributed by atoms with E-state index in [9.17, 15) is 9.59 Å². The quantitative estimate of drug-likeness (QED) is 0.744. The molecule has 3 aliphatic rings. The largest absolute Gasteiger partial charge is 0.482 e. The molecule has 0 N–H and O–H groups in total. The molecule has 29 heavy (non-hydrogen) atoms. The number of amides is 2. The molecular formula is C22H24N4O3. The van der Waals surface area contributed by atoms with Crippen LogP contribution in [0.15, 0.2) is 24.4 Å². The van der Waals surface area contributed by atoms with Gasteiger partial charge in [-0.25, -0.2) is 9.97 Å². The van der Waals surface area contributed by atoms with E-state index >= 15 is 0 Å². The van der Waals surface area contributed by atoms with Crippen molar-refractivity contribution in [3.05, 3.63) is 47.0 Å². The molecule has 3 heterocycles. The SMILES string of the molecule is Cc1ncc2c(n1)C1(CCCN(C(=O)c3ccc4c(c3)N(C)C(=O)CO4)C1)CC2. The number of rotatable bonds is 1. The van der Waals surface area contributed by atoms with E-state index in [0.29, 0.717) is 23.5 Å². The number of anilines is 1. The van der Waals surface area contributed by atoms with Crippen LogP contribution in [-0.2, 0) is 16.6 Å². The summed E-state index contributed by atoms with van der Waals surface area (Å²) in [4.78, 5) is 37.9. The number of hydrogen-bond donors (Lipinski definition) is 0. The maximum Gasteiger partial charge on any atom is 0.264 e. The van der Waals surface area contributed by atoms with Crippen molar-refractivity contribution in [2.45, 2.75) is 38.0 Å². The highest BCUT2D eigenvalue weighted by Crippen LogP contribution is 2.44. The summed E-state index contributed by atoms with van der Waals surface area (Å²) in [7, 11) is 1.71. The number of fused-ring (bicyclic) bond motifs is 3. The van der Waals surface area contributed by atoms with Gasteiger partial charge in [0.1, 0.15) is 11.6 Å². The van der Waals surface area contributed by atoms with E-state index in [-0.39, 0.29) is 23.8 Å². The fourth-order valence-electron chi connectivity index (χ4n) is 4.92. The first-order valence-electron chi connectivity index (χ1n) is 10.1. The number of benzene rings is 1. The lowest BCUT2D eigenvalue weighted by molar-refractivity contribution is -0.120. The Morgan fingerprint density at radius 3 is 3.00 bits per heavy atom. The van der Waals surface area contributed by atoms with Crippen LogP contribution in [-0.4, -0.2) is 53.4 Å². The lowest BCUT2D eigenvalue weighted by atomic mass is 9.77. The number of carbonyl (C=O) groups excluding carboxylic acids is 2. The molecule has 7 heteroatoms. The van der Waals surface area contributed by atoms with Crippen molar-refractivity contribution in [2.24, 2.45) is 0 Å². The van der Waals surface area contributed by atoms with Gasteiger partial charge in [0.15, 0.2) is 6.61 Å². The molecule has 150 valence electrons. The van der Waals surface area contributed by atoms with Crippen molar-refractivity contribution >= 4 is 17.5 Å². The molecule has 1 aromatic carbocycles. The smallest absolute Gasteiger partial charge is 0.264 e. The highest BCUT2D eigenvalue weighted by atomic mass is 16.5. The van der Waals surface area contributed by atoms with Crippen LogP contribution in [0, 0.1) is 6.92 Å². The third kappa shape index (κ3) is 2.87. The zero-order chi connectivity index (χ0) is 20.2. The van der Waals surface area contributed by atoms with Crippen LogP contribution in [0.25, 0.3) is 0 Å². The van der Waals surface area contributed by atoms with E-state index in [2.05, 4.69) is 4.98 Å². The summed E-state index contributed by atoms with van der Waals surface area (Å²) in [5, 5.41) is 0. The summed E-state index contributed by atoms with van der Waals surface area (Å²) >= 11 is 0. The van der Waals surface area contributed by atoms with Gasteiger partial charge in [0.25, 0.3) is 11.8 Å². The minimum atomic E-state index is -0.114. The molecule has 1 fully saturated rings. The molecular weight excluding hydrogens is 368 g/mol. The van der Waals surface area contributed by atoms with Crippen LogP contribution in [0.2, 0.25) is 0 Å². The summed E-state index contributed by atoms with van der Waals surface area (Å²) in [5.41, 5.74) is 3.51. The van der Waals surface area contributed by atoms with Gasteiger partial charge in [-0.05, 0) is 56.4 Å². The highest BCUT2D eigenvalue weighted by Gasteiger charge is 2.44. The normalized spacial score (nSPS) is 23.0. The van der Waals surface area contributed by atoms with Crippen LogP contribution in [0.1, 0.15) is 46.7 Å². The zero-order valence-electron chi connectivity index (χ0n) is 16.8. The van der Waals surface area contributed by atoms with E-state index in [1.807, 2.05) is 18.0 Å². The fraction of sp³-hybridized carbons (Fsp3) is 0.455. The molecule has 0 radical (unpaired) electrons. The Kier molecular flexibility index (Phi) is 4.08. The Bertz CT molecular complexity index is 1020. The topological polar surface area (TPSA) is 75.6 Å². The van der Waals surface area contributed by atoms with E-state index in [1.165, 1.54) is 5.56 Å². The minimum Gasteiger partial charge on any atom is -0.482 e. The Labute approximate surface area is 169 Å². The molecule has 2 aliphatic heterocycles. The van der Waals surface area contributed by atoms with Crippen LogP contribution in [0.4, 0.5) is 5.69 Å². The number of nitrogens with zero attached hydrogens (tertiary/aromatic N) is 4. The number of aryl methyl sites for hydroxylation is 2. The zero-order valence-corrected chi connectivity index (χ0v) is 16.8. The molecule has 1 atom stereocenters. The predicted octanol–water partition coefficient (Wildman–Crippen LogP) is 2.26. The number of carbonyl (C=O) groups is 2. The molecule has 2 aromatic rings. The van der Waals surface area contributed by atoms with Gasteiger partial charge in [-0.15, -0.1) is 0 Å². The summed E-state index contributed by atoms with van der Waals surface area (Å²) in [6.07, 6.45) is 5.94. The molecule has 5 rings (SSSR count). The molecule has 1 saturated heterocycles.